The summed E-state index contributed by atoms with van der Waals surface area (Å²) in [6, 6.07) is 19.4. The highest BCUT2D eigenvalue weighted by molar-refractivity contribution is 7.51. The van der Waals surface area contributed by atoms with Crippen molar-refractivity contribution in [3.63, 3.8) is 0 Å². The minimum atomic E-state index is -4.07. The quantitative estimate of drug-likeness (QED) is 0.803. The number of hydrogen-bond acceptors (Lipinski definition) is 2. The van der Waals surface area contributed by atoms with Gasteiger partial charge in [-0.3, -0.25) is 9.46 Å². The van der Waals surface area contributed by atoms with E-state index in [2.05, 4.69) is 0 Å². The van der Waals surface area contributed by atoms with Crippen molar-refractivity contribution in [2.45, 2.75) is 13.1 Å². The van der Waals surface area contributed by atoms with E-state index in [-0.39, 0.29) is 6.29 Å². The van der Waals surface area contributed by atoms with Crippen molar-refractivity contribution in [2.24, 2.45) is 0 Å². The van der Waals surface area contributed by atoms with E-state index >= 15 is 0 Å². The minimum Gasteiger partial charge on any atom is -0.324 e. The van der Waals surface area contributed by atoms with E-state index in [9.17, 15) is 14.4 Å². The lowest BCUT2D eigenvalue weighted by Crippen LogP contribution is -2.24. The lowest BCUT2D eigenvalue weighted by molar-refractivity contribution is 0.263. The summed E-state index contributed by atoms with van der Waals surface area (Å²) < 4.78 is 11.3. The van der Waals surface area contributed by atoms with Crippen LogP contribution in [0.15, 0.2) is 60.7 Å². The van der Waals surface area contributed by atoms with Gasteiger partial charge in [0.2, 0.25) is 0 Å². The van der Waals surface area contributed by atoms with Crippen molar-refractivity contribution < 1.29 is 14.4 Å². The average Bonchev–Trinajstić information content (AvgIpc) is 2.39. The van der Waals surface area contributed by atoms with E-state index in [0.29, 0.717) is 13.1 Å². The molecule has 0 radical (unpaired) electrons. The maximum atomic E-state index is 11.3. The zero-order chi connectivity index (χ0) is 14.4. The van der Waals surface area contributed by atoms with E-state index in [1.165, 1.54) is 0 Å². The molecule has 0 saturated heterocycles. The molecule has 0 saturated carbocycles. The first-order valence-electron chi connectivity index (χ1n) is 6.38. The van der Waals surface area contributed by atoms with E-state index in [1.54, 1.807) is 4.90 Å². The Morgan fingerprint density at radius 2 is 1.20 bits per heavy atom. The molecule has 2 aromatic rings. The van der Waals surface area contributed by atoms with Crippen molar-refractivity contribution in [1.29, 1.82) is 0 Å². The fourth-order valence-corrected chi connectivity index (χ4v) is 2.82. The Bertz CT molecular complexity index is 527. The molecule has 4 nitrogen and oxygen atoms in total. The van der Waals surface area contributed by atoms with Gasteiger partial charge < -0.3 is 9.79 Å². The molecule has 2 rings (SSSR count). The predicted molar refractivity (Wildman–Crippen MR) is 79.0 cm³/mol. The zero-order valence-corrected chi connectivity index (χ0v) is 12.0. The first kappa shape index (κ1) is 14.9. The summed E-state index contributed by atoms with van der Waals surface area (Å²) in [7, 11) is -4.07. The van der Waals surface area contributed by atoms with Crippen LogP contribution in [0.2, 0.25) is 0 Å². The molecule has 0 bridgehead atoms. The molecule has 0 aliphatic rings. The Morgan fingerprint density at radius 3 is 1.55 bits per heavy atom. The molecule has 0 amide bonds. The molecule has 0 aliphatic carbocycles. The Labute approximate surface area is 118 Å². The third-order valence-corrected chi connectivity index (χ3v) is 3.65. The molecule has 0 heterocycles. The maximum absolute atomic E-state index is 11.3. The molecule has 2 N–H and O–H groups in total. The Morgan fingerprint density at radius 1 is 0.800 bits per heavy atom. The molecular weight excluding hydrogens is 273 g/mol. The van der Waals surface area contributed by atoms with Crippen LogP contribution in [0.4, 0.5) is 0 Å². The molecule has 20 heavy (non-hydrogen) atoms. The summed E-state index contributed by atoms with van der Waals surface area (Å²) >= 11 is 0. The molecule has 0 unspecified atom stereocenters. The first-order valence-corrected chi connectivity index (χ1v) is 8.17. The fourth-order valence-electron chi connectivity index (χ4n) is 2.10. The summed E-state index contributed by atoms with van der Waals surface area (Å²) in [5.74, 6) is 0. The molecule has 2 aromatic carbocycles. The second kappa shape index (κ2) is 6.82. The topological polar surface area (TPSA) is 60.8 Å². The molecule has 0 atom stereocenters. The van der Waals surface area contributed by atoms with Gasteiger partial charge in [0.05, 0.1) is 0 Å². The molecule has 0 aliphatic heterocycles. The van der Waals surface area contributed by atoms with Crippen molar-refractivity contribution in [2.75, 3.05) is 6.29 Å². The minimum absolute atomic E-state index is 0.239. The van der Waals surface area contributed by atoms with E-state index in [4.69, 9.17) is 0 Å². The molecule has 0 aromatic heterocycles. The van der Waals surface area contributed by atoms with E-state index < -0.39 is 7.60 Å². The van der Waals surface area contributed by atoms with Gasteiger partial charge in [-0.05, 0) is 11.1 Å². The van der Waals surface area contributed by atoms with Crippen molar-refractivity contribution in [3.8, 4) is 0 Å². The molecule has 0 spiro atoms. The van der Waals surface area contributed by atoms with Gasteiger partial charge in [-0.15, -0.1) is 0 Å². The number of rotatable bonds is 6. The van der Waals surface area contributed by atoms with Crippen LogP contribution in [0.3, 0.4) is 0 Å². The highest BCUT2D eigenvalue weighted by atomic mass is 31.2. The highest BCUT2D eigenvalue weighted by Crippen LogP contribution is 2.36. The van der Waals surface area contributed by atoms with Gasteiger partial charge in [-0.1, -0.05) is 60.7 Å². The van der Waals surface area contributed by atoms with Crippen LogP contribution in [0.5, 0.6) is 0 Å². The van der Waals surface area contributed by atoms with Gasteiger partial charge in [-0.2, -0.15) is 0 Å². The molecular formula is C15H18NO3P. The lowest BCUT2D eigenvalue weighted by Gasteiger charge is -2.22. The summed E-state index contributed by atoms with van der Waals surface area (Å²) in [4.78, 5) is 20.2. The van der Waals surface area contributed by atoms with Crippen LogP contribution in [-0.4, -0.2) is 21.0 Å². The van der Waals surface area contributed by atoms with Crippen LogP contribution < -0.4 is 0 Å². The van der Waals surface area contributed by atoms with Gasteiger partial charge in [-0.25, -0.2) is 0 Å². The molecule has 0 fully saturated rings. The zero-order valence-electron chi connectivity index (χ0n) is 11.1. The van der Waals surface area contributed by atoms with Crippen LogP contribution in [-0.2, 0) is 17.7 Å². The fraction of sp³-hybridized carbons (Fsp3) is 0.200. The number of nitrogens with zero attached hydrogens (tertiary/aromatic N) is 1. The smallest absolute Gasteiger partial charge is 0.324 e. The van der Waals surface area contributed by atoms with E-state index in [1.807, 2.05) is 60.7 Å². The van der Waals surface area contributed by atoms with Gasteiger partial charge in [0.25, 0.3) is 0 Å². The summed E-state index contributed by atoms with van der Waals surface area (Å²) in [6.45, 7) is 1.03. The third-order valence-electron chi connectivity index (χ3n) is 2.88. The van der Waals surface area contributed by atoms with Gasteiger partial charge >= 0.3 is 7.60 Å². The lowest BCUT2D eigenvalue weighted by atomic mass is 10.2. The van der Waals surface area contributed by atoms with Gasteiger partial charge in [0, 0.05) is 13.1 Å². The van der Waals surface area contributed by atoms with Gasteiger partial charge in [0.15, 0.2) is 0 Å². The van der Waals surface area contributed by atoms with E-state index in [0.717, 1.165) is 11.1 Å². The Hall–Kier alpha value is -1.45. The van der Waals surface area contributed by atoms with Crippen molar-refractivity contribution >= 4 is 7.60 Å². The normalized spacial score (nSPS) is 11.8. The van der Waals surface area contributed by atoms with Crippen LogP contribution >= 0.6 is 7.60 Å². The maximum Gasteiger partial charge on any atom is 0.339 e. The number of hydrogen-bond donors (Lipinski definition) is 2. The number of benzene rings is 2. The standard InChI is InChI=1S/C15H18NO3P/c17-20(18,19)13-16(11-14-7-3-1-4-8-14)12-15-9-5-2-6-10-15/h1-10H,11-13H2,(H2,17,18,19). The predicted octanol–water partition coefficient (Wildman–Crippen LogP) is 2.82. The van der Waals surface area contributed by atoms with Crippen molar-refractivity contribution in [3.05, 3.63) is 71.8 Å². The summed E-state index contributed by atoms with van der Waals surface area (Å²) in [6.07, 6.45) is -0.239. The Balaban J connectivity index is 2.10. The Kier molecular flexibility index (Phi) is 5.10. The first-order chi connectivity index (χ1) is 9.53. The summed E-state index contributed by atoms with van der Waals surface area (Å²) in [5.41, 5.74) is 2.08. The molecule has 106 valence electrons. The van der Waals surface area contributed by atoms with Crippen LogP contribution in [0.1, 0.15) is 11.1 Å². The second-order valence-electron chi connectivity index (χ2n) is 4.76. The highest BCUT2D eigenvalue weighted by Gasteiger charge is 2.19. The SMILES string of the molecule is O=P(O)(O)CN(Cc1ccccc1)Cc1ccccc1. The van der Waals surface area contributed by atoms with Crippen molar-refractivity contribution in [1.82, 2.24) is 4.90 Å². The monoisotopic (exact) mass is 291 g/mol. The summed E-state index contributed by atoms with van der Waals surface area (Å²) in [5, 5.41) is 0. The third kappa shape index (κ3) is 5.27. The largest absolute Gasteiger partial charge is 0.339 e. The molecule has 5 heteroatoms. The van der Waals surface area contributed by atoms with Crippen LogP contribution in [0.25, 0.3) is 0 Å². The van der Waals surface area contributed by atoms with Gasteiger partial charge in [0.1, 0.15) is 6.29 Å². The second-order valence-corrected chi connectivity index (χ2v) is 6.38. The average molecular weight is 291 g/mol. The van der Waals surface area contributed by atoms with Crippen LogP contribution in [0, 0.1) is 0 Å².